The Kier molecular flexibility index (Phi) is 5.24. The van der Waals surface area contributed by atoms with E-state index in [1.165, 1.54) is 21.5 Å². The van der Waals surface area contributed by atoms with Crippen LogP contribution in [0.15, 0.2) is 61.7 Å². The highest BCUT2D eigenvalue weighted by molar-refractivity contribution is 7.02. The monoisotopic (exact) mass is 337 g/mol. The molecule has 2 aromatic rings. The number of hydrogen-bond acceptors (Lipinski definition) is 1. The van der Waals surface area contributed by atoms with Crippen LogP contribution in [0.25, 0.3) is 12.2 Å². The lowest BCUT2D eigenvalue weighted by Crippen LogP contribution is -2.69. The standard InChI is InChI=1S/C20H27NSi2/c1-7-17-9-13-19(14-10-17)22(3,4)21-23(5,6)20-15-11-18(8-2)12-16-20/h7-16,21H,1-2H2,3-6H3. The average molecular weight is 338 g/mol. The van der Waals surface area contributed by atoms with Gasteiger partial charge >= 0.3 is 0 Å². The first-order chi connectivity index (χ1) is 10.8. The van der Waals surface area contributed by atoms with Crippen molar-refractivity contribution < 1.29 is 0 Å². The van der Waals surface area contributed by atoms with Crippen molar-refractivity contribution in [2.24, 2.45) is 0 Å². The number of hydrogen-bond donors (Lipinski definition) is 1. The lowest BCUT2D eigenvalue weighted by molar-refractivity contribution is 1.34. The van der Waals surface area contributed by atoms with Crippen molar-refractivity contribution in [3.63, 3.8) is 0 Å². The van der Waals surface area contributed by atoms with E-state index in [4.69, 9.17) is 0 Å². The topological polar surface area (TPSA) is 12.0 Å². The van der Waals surface area contributed by atoms with Crippen molar-refractivity contribution in [2.75, 3.05) is 0 Å². The Morgan fingerprint density at radius 1 is 0.652 bits per heavy atom. The molecule has 0 aliphatic carbocycles. The largest absolute Gasteiger partial charge is 0.353 e. The third-order valence-electron chi connectivity index (χ3n) is 4.36. The van der Waals surface area contributed by atoms with Crippen molar-refractivity contribution in [3.8, 4) is 0 Å². The van der Waals surface area contributed by atoms with E-state index in [0.717, 1.165) is 0 Å². The van der Waals surface area contributed by atoms with Gasteiger partial charge in [0, 0.05) is 0 Å². The SMILES string of the molecule is C=Cc1ccc([Si](C)(C)N[Si](C)(C)c2ccc(C=C)cc2)cc1. The second-order valence-electron chi connectivity index (χ2n) is 7.03. The van der Waals surface area contributed by atoms with Gasteiger partial charge in [0.1, 0.15) is 16.5 Å². The summed E-state index contributed by atoms with van der Waals surface area (Å²) in [6.07, 6.45) is 3.79. The lowest BCUT2D eigenvalue weighted by Gasteiger charge is -2.35. The molecule has 0 bridgehead atoms. The van der Waals surface area contributed by atoms with E-state index in [2.05, 4.69) is 92.5 Å². The summed E-state index contributed by atoms with van der Waals surface area (Å²) in [7, 11) is -3.40. The molecule has 2 aromatic carbocycles. The molecule has 1 N–H and O–H groups in total. The van der Waals surface area contributed by atoms with E-state index in [1.54, 1.807) is 0 Å². The molecule has 0 aliphatic heterocycles. The van der Waals surface area contributed by atoms with Gasteiger partial charge < -0.3 is 4.65 Å². The van der Waals surface area contributed by atoms with Gasteiger partial charge in [0.25, 0.3) is 0 Å². The summed E-state index contributed by atoms with van der Waals surface area (Å²) in [6, 6.07) is 17.6. The van der Waals surface area contributed by atoms with E-state index in [0.29, 0.717) is 0 Å². The second kappa shape index (κ2) is 6.83. The first-order valence-corrected chi connectivity index (χ1v) is 14.0. The van der Waals surface area contributed by atoms with Crippen LogP contribution < -0.4 is 15.0 Å². The van der Waals surface area contributed by atoms with Crippen molar-refractivity contribution in [3.05, 3.63) is 72.8 Å². The maximum absolute atomic E-state index is 4.07. The molecule has 0 aliphatic rings. The van der Waals surface area contributed by atoms with Crippen molar-refractivity contribution in [1.29, 1.82) is 0 Å². The second-order valence-corrected chi connectivity index (χ2v) is 15.7. The summed E-state index contributed by atoms with van der Waals surface area (Å²) in [6.45, 7) is 17.2. The van der Waals surface area contributed by atoms with Crippen LogP contribution in [0.3, 0.4) is 0 Å². The van der Waals surface area contributed by atoms with Gasteiger partial charge in [0.05, 0.1) is 0 Å². The number of nitrogens with one attached hydrogen (secondary N) is 1. The van der Waals surface area contributed by atoms with Gasteiger partial charge in [0.15, 0.2) is 0 Å². The fraction of sp³-hybridized carbons (Fsp3) is 0.200. The van der Waals surface area contributed by atoms with Crippen LogP contribution in [0.2, 0.25) is 26.2 Å². The van der Waals surface area contributed by atoms with Crippen LogP contribution in [-0.2, 0) is 0 Å². The lowest BCUT2D eigenvalue weighted by atomic mass is 10.2. The molecule has 0 saturated heterocycles. The zero-order chi connectivity index (χ0) is 17.1. The Balaban J connectivity index is 2.25. The molecule has 0 unspecified atom stereocenters. The zero-order valence-corrected chi connectivity index (χ0v) is 16.7. The third-order valence-corrected chi connectivity index (χ3v) is 12.9. The summed E-state index contributed by atoms with van der Waals surface area (Å²) in [5.41, 5.74) is 2.35. The highest BCUT2D eigenvalue weighted by atomic mass is 28.4. The van der Waals surface area contributed by atoms with Crippen LogP contribution in [0, 0.1) is 0 Å². The Labute approximate surface area is 143 Å². The van der Waals surface area contributed by atoms with Gasteiger partial charge in [-0.05, 0) is 21.5 Å². The molecule has 0 spiro atoms. The van der Waals surface area contributed by atoms with E-state index in [9.17, 15) is 0 Å². The fourth-order valence-corrected chi connectivity index (χ4v) is 12.4. The highest BCUT2D eigenvalue weighted by Gasteiger charge is 2.33. The molecule has 0 amide bonds. The van der Waals surface area contributed by atoms with Gasteiger partial charge in [-0.15, -0.1) is 0 Å². The Morgan fingerprint density at radius 3 is 1.22 bits per heavy atom. The minimum absolute atomic E-state index is 1.18. The fourth-order valence-electron chi connectivity index (χ4n) is 3.00. The molecule has 0 atom stereocenters. The van der Waals surface area contributed by atoms with Crippen molar-refractivity contribution >= 4 is 39.0 Å². The van der Waals surface area contributed by atoms with Gasteiger partial charge in [-0.1, -0.05) is 100 Å². The average Bonchev–Trinajstić information content (AvgIpc) is 2.54. The number of rotatable bonds is 6. The van der Waals surface area contributed by atoms with Crippen LogP contribution >= 0.6 is 0 Å². The van der Waals surface area contributed by atoms with Gasteiger partial charge in [-0.25, -0.2) is 0 Å². The van der Waals surface area contributed by atoms with Crippen molar-refractivity contribution in [1.82, 2.24) is 4.65 Å². The quantitative estimate of drug-likeness (QED) is 0.783. The van der Waals surface area contributed by atoms with Crippen LogP contribution in [0.5, 0.6) is 0 Å². The molecule has 1 nitrogen and oxygen atoms in total. The Bertz CT molecular complexity index is 621. The third kappa shape index (κ3) is 4.19. The predicted molar refractivity (Wildman–Crippen MR) is 110 cm³/mol. The van der Waals surface area contributed by atoms with E-state index in [-0.39, 0.29) is 0 Å². The minimum atomic E-state index is -1.70. The predicted octanol–water partition coefficient (Wildman–Crippen LogP) is 4.09. The first kappa shape index (κ1) is 17.7. The highest BCUT2D eigenvalue weighted by Crippen LogP contribution is 2.10. The molecule has 0 heterocycles. The molecule has 0 aromatic heterocycles. The zero-order valence-electron chi connectivity index (χ0n) is 14.7. The summed E-state index contributed by atoms with van der Waals surface area (Å²) >= 11 is 0. The Morgan fingerprint density at radius 2 is 0.957 bits per heavy atom. The van der Waals surface area contributed by atoms with Crippen LogP contribution in [0.1, 0.15) is 11.1 Å². The van der Waals surface area contributed by atoms with E-state index >= 15 is 0 Å². The summed E-state index contributed by atoms with van der Waals surface area (Å²) in [4.78, 5) is 0. The molecule has 0 radical (unpaired) electrons. The molecule has 0 saturated carbocycles. The first-order valence-electron chi connectivity index (χ1n) is 8.04. The molecular weight excluding hydrogens is 310 g/mol. The van der Waals surface area contributed by atoms with Gasteiger partial charge in [-0.2, -0.15) is 0 Å². The van der Waals surface area contributed by atoms with Crippen molar-refractivity contribution in [2.45, 2.75) is 26.2 Å². The molecular formula is C20H27NSi2. The Hall–Kier alpha value is -1.69. The molecule has 23 heavy (non-hydrogen) atoms. The number of benzene rings is 2. The smallest absolute Gasteiger partial charge is 0.145 e. The minimum Gasteiger partial charge on any atom is -0.353 e. The molecule has 0 fully saturated rings. The molecule has 3 heteroatoms. The molecule has 2 rings (SSSR count). The summed E-state index contributed by atoms with van der Waals surface area (Å²) < 4.78 is 4.07. The maximum atomic E-state index is 4.07. The normalized spacial score (nSPS) is 12.0. The summed E-state index contributed by atoms with van der Waals surface area (Å²) in [5, 5.41) is 2.87. The van der Waals surface area contributed by atoms with E-state index in [1.807, 2.05) is 12.2 Å². The maximum Gasteiger partial charge on any atom is 0.145 e. The summed E-state index contributed by atoms with van der Waals surface area (Å²) in [5.74, 6) is 0. The van der Waals surface area contributed by atoms with Gasteiger partial charge in [-0.3, -0.25) is 0 Å². The molecule has 120 valence electrons. The van der Waals surface area contributed by atoms with E-state index < -0.39 is 16.5 Å². The van der Waals surface area contributed by atoms with Crippen LogP contribution in [0.4, 0.5) is 0 Å². The van der Waals surface area contributed by atoms with Gasteiger partial charge in [0.2, 0.25) is 0 Å². The van der Waals surface area contributed by atoms with Crippen LogP contribution in [-0.4, -0.2) is 16.5 Å².